The highest BCUT2D eigenvalue weighted by atomic mass is 16.5. The summed E-state index contributed by atoms with van der Waals surface area (Å²) >= 11 is 0. The van der Waals surface area contributed by atoms with Crippen LogP contribution in [0.4, 0.5) is 5.69 Å². The molecule has 0 spiro atoms. The number of likely N-dealkylation sites (N-methyl/N-ethyl adjacent to an activating group) is 1. The highest BCUT2D eigenvalue weighted by Gasteiger charge is 2.28. The molecule has 1 aliphatic rings. The predicted molar refractivity (Wildman–Crippen MR) is 194 cm³/mol. The summed E-state index contributed by atoms with van der Waals surface area (Å²) in [5, 5.41) is 0. The van der Waals surface area contributed by atoms with E-state index in [0.717, 1.165) is 23.6 Å². The van der Waals surface area contributed by atoms with Gasteiger partial charge in [-0.1, -0.05) is 88.9 Å². The second-order valence-electron chi connectivity index (χ2n) is 12.7. The molecule has 8 nitrogen and oxygen atoms in total. The molecule has 0 unspecified atom stereocenters. The van der Waals surface area contributed by atoms with Crippen molar-refractivity contribution in [1.82, 2.24) is 9.47 Å². The van der Waals surface area contributed by atoms with E-state index in [1.54, 1.807) is 32.4 Å². The van der Waals surface area contributed by atoms with Crippen molar-refractivity contribution in [2.24, 2.45) is 29.1 Å². The monoisotopic (exact) mass is 633 g/mol. The van der Waals surface area contributed by atoms with E-state index in [0.29, 0.717) is 17.6 Å². The minimum atomic E-state index is -0.209. The second-order valence-corrected chi connectivity index (χ2v) is 12.7. The molecule has 0 bridgehead atoms. The molecule has 246 valence electrons. The number of aryl methyl sites for hydroxylation is 2. The molecule has 1 aromatic heterocycles. The lowest BCUT2D eigenvalue weighted by molar-refractivity contribution is -0.672. The van der Waals surface area contributed by atoms with Gasteiger partial charge < -0.3 is 14.4 Å². The van der Waals surface area contributed by atoms with Crippen molar-refractivity contribution in [3.05, 3.63) is 132 Å². The van der Waals surface area contributed by atoms with Gasteiger partial charge in [-0.2, -0.15) is 0 Å². The zero-order valence-electron chi connectivity index (χ0n) is 29.6. The Balaban J connectivity index is 1.55. The van der Waals surface area contributed by atoms with Gasteiger partial charge in [-0.25, -0.2) is 19.1 Å². The van der Waals surface area contributed by atoms with Crippen molar-refractivity contribution in [3.63, 3.8) is 0 Å². The molecular formula is C39H49N6O2+. The van der Waals surface area contributed by atoms with Crippen LogP contribution in [0.2, 0.25) is 0 Å². The standard InChI is InChI=1S/C39H49N6O2/c1-12-43(7)34(40-6)35(46-10)41-33-24-21-31(22-25-33)39(4,5)30-18-16-29(17-19-30)38(2,3)28-14-13-15-32(23-20-28)42-36(47-11)37-44(8)26-27-45(37)9/h12-14,16-27H,1,15H2,2-11H3/q+1/b40-34+,41-35-,42-36-. The van der Waals surface area contributed by atoms with Crippen LogP contribution >= 0.6 is 0 Å². The van der Waals surface area contributed by atoms with Crippen molar-refractivity contribution < 1.29 is 14.0 Å². The zero-order chi connectivity index (χ0) is 34.4. The van der Waals surface area contributed by atoms with Gasteiger partial charge in [-0.3, -0.25) is 4.99 Å². The van der Waals surface area contributed by atoms with Crippen molar-refractivity contribution in [2.75, 3.05) is 28.3 Å². The molecule has 0 N–H and O–H groups in total. The Morgan fingerprint density at radius 3 is 2.02 bits per heavy atom. The van der Waals surface area contributed by atoms with Gasteiger partial charge >= 0.3 is 11.7 Å². The maximum atomic E-state index is 5.69. The lowest BCUT2D eigenvalue weighted by atomic mass is 9.74. The molecule has 0 atom stereocenters. The van der Waals surface area contributed by atoms with Crippen LogP contribution in [0, 0.1) is 0 Å². The summed E-state index contributed by atoms with van der Waals surface area (Å²) in [6.45, 7) is 12.8. The summed E-state index contributed by atoms with van der Waals surface area (Å²) in [6.07, 6.45) is 15.1. The molecule has 8 heteroatoms. The fourth-order valence-electron chi connectivity index (χ4n) is 5.71. The quantitative estimate of drug-likeness (QED) is 0.151. The molecule has 1 aliphatic carbocycles. The topological polar surface area (TPSA) is 67.6 Å². The van der Waals surface area contributed by atoms with Crippen LogP contribution in [-0.2, 0) is 34.4 Å². The molecule has 0 amide bonds. The summed E-state index contributed by atoms with van der Waals surface area (Å²) in [4.78, 5) is 15.6. The number of benzene rings is 2. The Kier molecular flexibility index (Phi) is 10.9. The molecule has 0 saturated carbocycles. The molecule has 4 rings (SSSR count). The Bertz CT molecular complexity index is 1740. The third-order valence-electron chi connectivity index (χ3n) is 8.97. The van der Waals surface area contributed by atoms with Crippen LogP contribution in [-0.4, -0.2) is 55.4 Å². The number of aromatic nitrogens is 2. The fourth-order valence-corrected chi connectivity index (χ4v) is 5.71. The molecule has 0 fully saturated rings. The van der Waals surface area contributed by atoms with E-state index in [1.807, 2.05) is 54.8 Å². The van der Waals surface area contributed by atoms with Gasteiger partial charge in [0.05, 0.1) is 34.0 Å². The van der Waals surface area contributed by atoms with Crippen molar-refractivity contribution in [1.29, 1.82) is 0 Å². The first-order valence-corrected chi connectivity index (χ1v) is 15.8. The van der Waals surface area contributed by atoms with Gasteiger partial charge in [0.25, 0.3) is 5.90 Å². The molecule has 1 heterocycles. The fraction of sp³-hybridized carbons (Fsp3) is 0.333. The molecule has 47 heavy (non-hydrogen) atoms. The second kappa shape index (κ2) is 14.6. The van der Waals surface area contributed by atoms with Gasteiger partial charge in [0.1, 0.15) is 12.4 Å². The Morgan fingerprint density at radius 1 is 0.915 bits per heavy atom. The van der Waals surface area contributed by atoms with E-state index in [2.05, 4.69) is 105 Å². The first-order valence-electron chi connectivity index (χ1n) is 15.8. The molecule has 2 aromatic carbocycles. The maximum absolute atomic E-state index is 5.69. The minimum Gasteiger partial charge on any atom is -0.478 e. The van der Waals surface area contributed by atoms with Crippen molar-refractivity contribution >= 4 is 23.3 Å². The van der Waals surface area contributed by atoms with Crippen LogP contribution in [0.5, 0.6) is 0 Å². The van der Waals surface area contributed by atoms with Crippen LogP contribution in [0.15, 0.2) is 124 Å². The molecular weight excluding hydrogens is 584 g/mol. The first-order chi connectivity index (χ1) is 22.4. The van der Waals surface area contributed by atoms with Gasteiger partial charge in [-0.05, 0) is 46.7 Å². The number of hydrogen-bond donors (Lipinski definition) is 0. The molecule has 0 radical (unpaired) electrons. The number of nitrogens with zero attached hydrogens (tertiary/aromatic N) is 6. The third kappa shape index (κ3) is 7.54. The number of aliphatic imine (C=N–C) groups is 3. The lowest BCUT2D eigenvalue weighted by Gasteiger charge is -2.30. The maximum Gasteiger partial charge on any atom is 0.344 e. The number of allylic oxidation sites excluding steroid dienone is 5. The van der Waals surface area contributed by atoms with E-state index in [-0.39, 0.29) is 10.8 Å². The van der Waals surface area contributed by atoms with E-state index in [9.17, 15) is 0 Å². The number of hydrogen-bond acceptors (Lipinski definition) is 5. The minimum absolute atomic E-state index is 0.206. The van der Waals surface area contributed by atoms with E-state index < -0.39 is 0 Å². The number of amidine groups is 1. The average Bonchev–Trinajstić information content (AvgIpc) is 3.24. The van der Waals surface area contributed by atoms with Gasteiger partial charge in [0.15, 0.2) is 5.84 Å². The van der Waals surface area contributed by atoms with Crippen LogP contribution in [0.25, 0.3) is 0 Å². The van der Waals surface area contributed by atoms with Gasteiger partial charge in [0, 0.05) is 37.0 Å². The molecule has 0 aliphatic heterocycles. The number of methoxy groups -OCH3 is 2. The molecule has 0 saturated heterocycles. The Hall–Kier alpha value is -4.98. The van der Waals surface area contributed by atoms with Crippen molar-refractivity contribution in [2.45, 2.75) is 44.9 Å². The lowest BCUT2D eigenvalue weighted by Crippen LogP contribution is -2.35. The van der Waals surface area contributed by atoms with Gasteiger partial charge in [-0.15, -0.1) is 0 Å². The van der Waals surface area contributed by atoms with Crippen LogP contribution in [0.3, 0.4) is 0 Å². The SMILES string of the molecule is C=CN(C)C(=N/C)/C(=N/c1ccc(C(C)(C)c2ccc(C(C)(C)C3=CC=C(/N=C(\OC)c4n(C)cc[n+]4C)CC=C3)cc2)cc1)OC. The summed E-state index contributed by atoms with van der Waals surface area (Å²) in [7, 11) is 10.8. The summed E-state index contributed by atoms with van der Waals surface area (Å²) < 4.78 is 15.2. The number of imidazole rings is 1. The summed E-state index contributed by atoms with van der Waals surface area (Å²) in [5.41, 5.74) is 6.22. The zero-order valence-corrected chi connectivity index (χ0v) is 29.6. The average molecular weight is 634 g/mol. The largest absolute Gasteiger partial charge is 0.478 e. The van der Waals surface area contributed by atoms with E-state index in [1.165, 1.54) is 22.3 Å². The summed E-state index contributed by atoms with van der Waals surface area (Å²) in [6, 6.07) is 17.3. The third-order valence-corrected chi connectivity index (χ3v) is 8.97. The van der Waals surface area contributed by atoms with Gasteiger partial charge in [0.2, 0.25) is 0 Å². The predicted octanol–water partition coefficient (Wildman–Crippen LogP) is 7.10. The van der Waals surface area contributed by atoms with E-state index in [4.69, 9.17) is 14.5 Å². The number of rotatable bonds is 8. The van der Waals surface area contributed by atoms with Crippen molar-refractivity contribution in [3.8, 4) is 0 Å². The summed E-state index contributed by atoms with van der Waals surface area (Å²) in [5.74, 6) is 2.53. The highest BCUT2D eigenvalue weighted by molar-refractivity contribution is 6.38. The van der Waals surface area contributed by atoms with Crippen LogP contribution in [0.1, 0.15) is 56.6 Å². The number of ether oxygens (including phenoxy) is 2. The van der Waals surface area contributed by atoms with E-state index >= 15 is 0 Å². The highest BCUT2D eigenvalue weighted by Crippen LogP contribution is 2.37. The Morgan fingerprint density at radius 2 is 1.51 bits per heavy atom. The first kappa shape index (κ1) is 34.9. The normalized spacial score (nSPS) is 14.7. The Labute approximate surface area is 280 Å². The van der Waals surface area contributed by atoms with Crippen LogP contribution < -0.4 is 4.57 Å². The smallest absolute Gasteiger partial charge is 0.344 e. The molecule has 3 aromatic rings.